The molecular formula is C16H12ClF3N2O4. The molecule has 2 aromatic heterocycles. The maximum atomic E-state index is 13.3. The summed E-state index contributed by atoms with van der Waals surface area (Å²) < 4.78 is 49.7. The molecule has 0 radical (unpaired) electrons. The number of esters is 1. The third-order valence-electron chi connectivity index (χ3n) is 3.74. The van der Waals surface area contributed by atoms with Crippen molar-refractivity contribution in [2.45, 2.75) is 31.9 Å². The second-order valence-corrected chi connectivity index (χ2v) is 6.01. The summed E-state index contributed by atoms with van der Waals surface area (Å²) in [6, 6.07) is 1.98. The lowest BCUT2D eigenvalue weighted by Gasteiger charge is -2.11. The highest BCUT2D eigenvalue weighted by Gasteiger charge is 2.42. The van der Waals surface area contributed by atoms with Gasteiger partial charge >= 0.3 is 12.1 Å². The van der Waals surface area contributed by atoms with E-state index in [-0.39, 0.29) is 23.8 Å². The number of halogens is 4. The van der Waals surface area contributed by atoms with Crippen LogP contribution in [0.5, 0.6) is 0 Å². The van der Waals surface area contributed by atoms with E-state index in [0.29, 0.717) is 12.8 Å². The van der Waals surface area contributed by atoms with Gasteiger partial charge in [0.1, 0.15) is 10.7 Å². The molecule has 0 bridgehead atoms. The topological polar surface area (TPSA) is 82.3 Å². The number of alkyl halides is 3. The summed E-state index contributed by atoms with van der Waals surface area (Å²) >= 11 is 5.54. The van der Waals surface area contributed by atoms with Gasteiger partial charge in [0.2, 0.25) is 11.5 Å². The van der Waals surface area contributed by atoms with Crippen molar-refractivity contribution >= 4 is 23.4 Å². The Morgan fingerprint density at radius 2 is 2.04 bits per heavy atom. The van der Waals surface area contributed by atoms with Crippen molar-refractivity contribution in [1.82, 2.24) is 10.1 Å². The van der Waals surface area contributed by atoms with Crippen molar-refractivity contribution in [3.8, 4) is 0 Å². The van der Waals surface area contributed by atoms with E-state index in [9.17, 15) is 22.8 Å². The largest absolute Gasteiger partial charge is 0.461 e. The second kappa shape index (κ2) is 6.71. The van der Waals surface area contributed by atoms with Gasteiger partial charge in [-0.05, 0) is 31.9 Å². The molecule has 138 valence electrons. The summed E-state index contributed by atoms with van der Waals surface area (Å²) in [5.74, 6) is -2.09. The van der Waals surface area contributed by atoms with Crippen LogP contribution in [0, 0.1) is 0 Å². The third-order valence-corrected chi connectivity index (χ3v) is 3.95. The zero-order chi connectivity index (χ0) is 19.1. The van der Waals surface area contributed by atoms with Crippen LogP contribution in [0.2, 0.25) is 5.15 Å². The minimum Gasteiger partial charge on any atom is -0.461 e. The van der Waals surface area contributed by atoms with E-state index < -0.39 is 40.0 Å². The van der Waals surface area contributed by atoms with Gasteiger partial charge in [-0.1, -0.05) is 16.8 Å². The molecule has 6 nitrogen and oxygen atoms in total. The molecule has 0 amide bonds. The van der Waals surface area contributed by atoms with Crippen molar-refractivity contribution < 1.29 is 32.0 Å². The number of ether oxygens (including phenoxy) is 1. The Bertz CT molecular complexity index is 875. The number of rotatable bonds is 5. The minimum atomic E-state index is -4.91. The van der Waals surface area contributed by atoms with E-state index in [4.69, 9.17) is 20.9 Å². The lowest BCUT2D eigenvalue weighted by atomic mass is 9.98. The van der Waals surface area contributed by atoms with Gasteiger partial charge in [0.15, 0.2) is 11.5 Å². The highest BCUT2D eigenvalue weighted by atomic mass is 35.5. The van der Waals surface area contributed by atoms with Crippen LogP contribution in [0.3, 0.4) is 0 Å². The molecule has 26 heavy (non-hydrogen) atoms. The van der Waals surface area contributed by atoms with Crippen LogP contribution in [0.25, 0.3) is 0 Å². The quantitative estimate of drug-likeness (QED) is 0.437. The van der Waals surface area contributed by atoms with Crippen LogP contribution in [-0.2, 0) is 10.9 Å². The van der Waals surface area contributed by atoms with E-state index in [1.54, 1.807) is 6.92 Å². The third kappa shape index (κ3) is 3.44. The average molecular weight is 389 g/mol. The summed E-state index contributed by atoms with van der Waals surface area (Å²) in [7, 11) is 0. The van der Waals surface area contributed by atoms with E-state index >= 15 is 0 Å². The minimum absolute atomic E-state index is 0.00832. The summed E-state index contributed by atoms with van der Waals surface area (Å²) in [6.07, 6.45) is -3.54. The first-order chi connectivity index (χ1) is 12.2. The molecule has 2 aromatic rings. The summed E-state index contributed by atoms with van der Waals surface area (Å²) in [5, 5.41) is 3.14. The molecule has 0 atom stereocenters. The Morgan fingerprint density at radius 1 is 1.35 bits per heavy atom. The fourth-order valence-electron chi connectivity index (χ4n) is 2.45. The number of hydrogen-bond acceptors (Lipinski definition) is 6. The summed E-state index contributed by atoms with van der Waals surface area (Å²) in [5.41, 5.74) is -2.94. The number of carbonyl (C=O) groups excluding carboxylic acids is 2. The lowest BCUT2D eigenvalue weighted by Crippen LogP contribution is -2.19. The standard InChI is InChI=1S/C16H12ClF3N2O4/c1-2-25-15(24)11-10(13(26-22-11)7-3-4-7)12(23)8-5-6-9(17)21-14(8)16(18,19)20/h5-7H,2-4H2,1H3. The molecule has 0 unspecified atom stereocenters. The lowest BCUT2D eigenvalue weighted by molar-refractivity contribution is -0.141. The van der Waals surface area contributed by atoms with Gasteiger partial charge in [0.25, 0.3) is 0 Å². The van der Waals surface area contributed by atoms with Crippen molar-refractivity contribution in [2.24, 2.45) is 0 Å². The van der Waals surface area contributed by atoms with E-state index in [2.05, 4.69) is 10.1 Å². The molecule has 3 rings (SSSR count). The predicted molar refractivity (Wildman–Crippen MR) is 82.1 cm³/mol. The fraction of sp³-hybridized carbons (Fsp3) is 0.375. The fourth-order valence-corrected chi connectivity index (χ4v) is 2.60. The molecule has 0 spiro atoms. The molecule has 0 N–H and O–H groups in total. The van der Waals surface area contributed by atoms with E-state index in [1.165, 1.54) is 0 Å². The van der Waals surface area contributed by atoms with Crippen LogP contribution in [0.4, 0.5) is 13.2 Å². The van der Waals surface area contributed by atoms with Gasteiger partial charge in [-0.25, -0.2) is 9.78 Å². The number of aromatic nitrogens is 2. The second-order valence-electron chi connectivity index (χ2n) is 5.62. The van der Waals surface area contributed by atoms with Crippen molar-refractivity contribution in [3.63, 3.8) is 0 Å². The van der Waals surface area contributed by atoms with Gasteiger partial charge in [-0.3, -0.25) is 4.79 Å². The highest BCUT2D eigenvalue weighted by Crippen LogP contribution is 2.43. The molecule has 1 fully saturated rings. The number of ketones is 1. The maximum Gasteiger partial charge on any atom is 0.434 e. The molecule has 10 heteroatoms. The van der Waals surface area contributed by atoms with Crippen molar-refractivity contribution in [2.75, 3.05) is 6.61 Å². The Labute approximate surface area is 150 Å². The maximum absolute atomic E-state index is 13.3. The molecule has 0 saturated heterocycles. The molecule has 1 aliphatic carbocycles. The van der Waals surface area contributed by atoms with Gasteiger partial charge in [0, 0.05) is 5.92 Å². The van der Waals surface area contributed by atoms with Gasteiger partial charge in [0.05, 0.1) is 12.2 Å². The van der Waals surface area contributed by atoms with E-state index in [1.807, 2.05) is 0 Å². The predicted octanol–water partition coefficient (Wildman–Crippen LogP) is 4.03. The number of nitrogens with zero attached hydrogens (tertiary/aromatic N) is 2. The molecule has 1 saturated carbocycles. The normalized spacial score (nSPS) is 14.3. The van der Waals surface area contributed by atoms with E-state index in [0.717, 1.165) is 12.1 Å². The van der Waals surface area contributed by atoms with Crippen LogP contribution in [0.15, 0.2) is 16.7 Å². The SMILES string of the molecule is CCOC(=O)c1noc(C2CC2)c1C(=O)c1ccc(Cl)nc1C(F)(F)F. The molecule has 0 aromatic carbocycles. The molecule has 1 aliphatic rings. The molecular weight excluding hydrogens is 377 g/mol. The first-order valence-electron chi connectivity index (χ1n) is 7.69. The Morgan fingerprint density at radius 3 is 2.62 bits per heavy atom. The van der Waals surface area contributed by atoms with Gasteiger partial charge < -0.3 is 9.26 Å². The highest BCUT2D eigenvalue weighted by molar-refractivity contribution is 6.29. The number of pyridine rings is 1. The van der Waals surface area contributed by atoms with Crippen molar-refractivity contribution in [3.05, 3.63) is 45.6 Å². The zero-order valence-electron chi connectivity index (χ0n) is 13.4. The van der Waals surface area contributed by atoms with Crippen LogP contribution in [-0.4, -0.2) is 28.5 Å². The van der Waals surface area contributed by atoms with Crippen LogP contribution < -0.4 is 0 Å². The Balaban J connectivity index is 2.14. The first-order valence-corrected chi connectivity index (χ1v) is 8.07. The van der Waals surface area contributed by atoms with Crippen molar-refractivity contribution in [1.29, 1.82) is 0 Å². The zero-order valence-corrected chi connectivity index (χ0v) is 14.1. The van der Waals surface area contributed by atoms with Crippen LogP contribution in [0.1, 0.15) is 63.5 Å². The number of carbonyl (C=O) groups is 2. The number of hydrogen-bond donors (Lipinski definition) is 0. The van der Waals surface area contributed by atoms with Gasteiger partial charge in [-0.2, -0.15) is 13.2 Å². The monoisotopic (exact) mass is 388 g/mol. The smallest absolute Gasteiger partial charge is 0.434 e. The van der Waals surface area contributed by atoms with Crippen LogP contribution >= 0.6 is 11.6 Å². The first kappa shape index (κ1) is 18.4. The molecule has 0 aliphatic heterocycles. The molecule has 2 heterocycles. The summed E-state index contributed by atoms with van der Waals surface area (Å²) in [4.78, 5) is 28.1. The Hall–Kier alpha value is -2.42. The average Bonchev–Trinajstić information content (AvgIpc) is 3.32. The summed E-state index contributed by atoms with van der Waals surface area (Å²) in [6.45, 7) is 1.56. The Kier molecular flexibility index (Phi) is 4.74. The van der Waals surface area contributed by atoms with Gasteiger partial charge in [-0.15, -0.1) is 0 Å².